The second kappa shape index (κ2) is 8.70. The summed E-state index contributed by atoms with van der Waals surface area (Å²) in [6.07, 6.45) is 1.74. The van der Waals surface area contributed by atoms with Gasteiger partial charge in [-0.15, -0.1) is 0 Å². The van der Waals surface area contributed by atoms with E-state index in [0.717, 1.165) is 24.3 Å². The molecule has 0 fully saturated rings. The molecule has 0 radical (unpaired) electrons. The lowest BCUT2D eigenvalue weighted by atomic mass is 9.93. The SMILES string of the molecule is COc1cccc(NC(=O)C(C)CCc2ccc(C(C)C)cc2C)c1. The predicted octanol–water partition coefficient (Wildman–Crippen LogP) is 5.33. The van der Waals surface area contributed by atoms with Crippen LogP contribution in [0.1, 0.15) is 49.8 Å². The van der Waals surface area contributed by atoms with Crippen molar-refractivity contribution in [1.29, 1.82) is 0 Å². The fraction of sp³-hybridized carbons (Fsp3) is 0.409. The number of carbonyl (C=O) groups excluding carboxylic acids is 1. The minimum Gasteiger partial charge on any atom is -0.497 e. The first-order chi connectivity index (χ1) is 11.9. The fourth-order valence-corrected chi connectivity index (χ4v) is 2.83. The van der Waals surface area contributed by atoms with Crippen molar-refractivity contribution in [3.63, 3.8) is 0 Å². The molecule has 0 aliphatic rings. The van der Waals surface area contributed by atoms with E-state index in [9.17, 15) is 4.79 Å². The minimum absolute atomic E-state index is 0.0459. The summed E-state index contributed by atoms with van der Waals surface area (Å²) in [6, 6.07) is 14.1. The average molecular weight is 339 g/mol. The van der Waals surface area contributed by atoms with Gasteiger partial charge in [0.25, 0.3) is 0 Å². The van der Waals surface area contributed by atoms with E-state index in [1.807, 2.05) is 31.2 Å². The number of benzene rings is 2. The van der Waals surface area contributed by atoms with Crippen LogP contribution in [0.3, 0.4) is 0 Å². The fourth-order valence-electron chi connectivity index (χ4n) is 2.83. The summed E-state index contributed by atoms with van der Waals surface area (Å²) in [4.78, 5) is 12.4. The number of carbonyl (C=O) groups is 1. The van der Waals surface area contributed by atoms with E-state index in [-0.39, 0.29) is 11.8 Å². The third kappa shape index (κ3) is 5.35. The van der Waals surface area contributed by atoms with Gasteiger partial charge in [-0.2, -0.15) is 0 Å². The summed E-state index contributed by atoms with van der Waals surface area (Å²) in [5, 5.41) is 2.97. The first-order valence-corrected chi connectivity index (χ1v) is 8.95. The molecule has 0 saturated carbocycles. The van der Waals surface area contributed by atoms with Gasteiger partial charge in [0, 0.05) is 17.7 Å². The molecule has 1 N–H and O–H groups in total. The maximum Gasteiger partial charge on any atom is 0.227 e. The molecule has 1 unspecified atom stereocenters. The molecule has 3 heteroatoms. The quantitative estimate of drug-likeness (QED) is 0.740. The summed E-state index contributed by atoms with van der Waals surface area (Å²) in [5.74, 6) is 1.28. The first-order valence-electron chi connectivity index (χ1n) is 8.95. The highest BCUT2D eigenvalue weighted by molar-refractivity contribution is 5.92. The standard InChI is InChI=1S/C22H29NO2/c1-15(2)19-12-11-18(17(4)13-19)10-9-16(3)22(24)23-20-7-6-8-21(14-20)25-5/h6-8,11-16H,9-10H2,1-5H3,(H,23,24). The van der Waals surface area contributed by atoms with Gasteiger partial charge in [-0.05, 0) is 54.5 Å². The van der Waals surface area contributed by atoms with E-state index in [1.165, 1.54) is 16.7 Å². The van der Waals surface area contributed by atoms with Gasteiger partial charge in [-0.3, -0.25) is 4.79 Å². The summed E-state index contributed by atoms with van der Waals surface area (Å²) in [5.41, 5.74) is 4.77. The van der Waals surface area contributed by atoms with E-state index in [1.54, 1.807) is 7.11 Å². The van der Waals surface area contributed by atoms with Crippen LogP contribution in [-0.2, 0) is 11.2 Å². The molecule has 0 aromatic heterocycles. The Kier molecular flexibility index (Phi) is 6.63. The molecular weight excluding hydrogens is 310 g/mol. The zero-order chi connectivity index (χ0) is 18.4. The number of hydrogen-bond acceptors (Lipinski definition) is 2. The van der Waals surface area contributed by atoms with Crippen LogP contribution in [-0.4, -0.2) is 13.0 Å². The molecule has 3 nitrogen and oxygen atoms in total. The first kappa shape index (κ1) is 19.0. The summed E-state index contributed by atoms with van der Waals surface area (Å²) in [7, 11) is 1.62. The minimum atomic E-state index is -0.0459. The lowest BCUT2D eigenvalue weighted by molar-refractivity contribution is -0.119. The summed E-state index contributed by atoms with van der Waals surface area (Å²) >= 11 is 0. The number of nitrogens with one attached hydrogen (secondary N) is 1. The number of ether oxygens (including phenoxy) is 1. The zero-order valence-corrected chi connectivity index (χ0v) is 15.9. The molecule has 2 rings (SSSR count). The molecule has 0 spiro atoms. The Morgan fingerprint density at radius 1 is 1.12 bits per heavy atom. The van der Waals surface area contributed by atoms with Crippen molar-refractivity contribution < 1.29 is 9.53 Å². The Labute approximate surface area is 151 Å². The van der Waals surface area contributed by atoms with Gasteiger partial charge < -0.3 is 10.1 Å². The highest BCUT2D eigenvalue weighted by Crippen LogP contribution is 2.22. The Balaban J connectivity index is 1.93. The van der Waals surface area contributed by atoms with Crippen molar-refractivity contribution >= 4 is 11.6 Å². The van der Waals surface area contributed by atoms with Crippen molar-refractivity contribution in [3.8, 4) is 5.75 Å². The van der Waals surface area contributed by atoms with E-state index in [2.05, 4.69) is 44.3 Å². The van der Waals surface area contributed by atoms with E-state index >= 15 is 0 Å². The number of anilines is 1. The van der Waals surface area contributed by atoms with Crippen LogP contribution in [0, 0.1) is 12.8 Å². The van der Waals surface area contributed by atoms with Gasteiger partial charge in [-0.25, -0.2) is 0 Å². The van der Waals surface area contributed by atoms with Crippen molar-refractivity contribution in [2.45, 2.75) is 46.5 Å². The number of rotatable bonds is 7. The van der Waals surface area contributed by atoms with Crippen molar-refractivity contribution in [2.24, 2.45) is 5.92 Å². The third-order valence-corrected chi connectivity index (χ3v) is 4.66. The van der Waals surface area contributed by atoms with Crippen LogP contribution >= 0.6 is 0 Å². The van der Waals surface area contributed by atoms with Crippen molar-refractivity contribution in [1.82, 2.24) is 0 Å². The number of aryl methyl sites for hydroxylation is 2. The van der Waals surface area contributed by atoms with E-state index in [0.29, 0.717) is 5.92 Å². The number of methoxy groups -OCH3 is 1. The monoisotopic (exact) mass is 339 g/mol. The van der Waals surface area contributed by atoms with Crippen LogP contribution in [0.2, 0.25) is 0 Å². The molecule has 25 heavy (non-hydrogen) atoms. The molecule has 134 valence electrons. The molecular formula is C22H29NO2. The topological polar surface area (TPSA) is 38.3 Å². The molecule has 2 aromatic carbocycles. The Morgan fingerprint density at radius 2 is 1.88 bits per heavy atom. The lowest BCUT2D eigenvalue weighted by Gasteiger charge is -2.15. The van der Waals surface area contributed by atoms with E-state index in [4.69, 9.17) is 4.74 Å². The van der Waals surface area contributed by atoms with Gasteiger partial charge >= 0.3 is 0 Å². The van der Waals surface area contributed by atoms with Gasteiger partial charge in [0.1, 0.15) is 5.75 Å². The number of amides is 1. The smallest absolute Gasteiger partial charge is 0.227 e. The van der Waals surface area contributed by atoms with Crippen LogP contribution in [0.4, 0.5) is 5.69 Å². The zero-order valence-electron chi connectivity index (χ0n) is 15.9. The van der Waals surface area contributed by atoms with Crippen LogP contribution < -0.4 is 10.1 Å². The lowest BCUT2D eigenvalue weighted by Crippen LogP contribution is -2.21. The molecule has 0 aliphatic heterocycles. The largest absolute Gasteiger partial charge is 0.497 e. The molecule has 0 saturated heterocycles. The Morgan fingerprint density at radius 3 is 2.52 bits per heavy atom. The summed E-state index contributed by atoms with van der Waals surface area (Å²) in [6.45, 7) is 8.55. The summed E-state index contributed by atoms with van der Waals surface area (Å²) < 4.78 is 5.19. The van der Waals surface area contributed by atoms with Crippen molar-refractivity contribution in [3.05, 3.63) is 59.2 Å². The second-order valence-corrected chi connectivity index (χ2v) is 7.00. The van der Waals surface area contributed by atoms with Crippen molar-refractivity contribution in [2.75, 3.05) is 12.4 Å². The van der Waals surface area contributed by atoms with Gasteiger partial charge in [0.05, 0.1) is 7.11 Å². The van der Waals surface area contributed by atoms with E-state index < -0.39 is 0 Å². The molecule has 2 aromatic rings. The second-order valence-electron chi connectivity index (χ2n) is 7.00. The molecule has 0 bridgehead atoms. The molecule has 1 atom stereocenters. The molecule has 1 amide bonds. The maximum absolute atomic E-state index is 12.4. The molecule has 0 aliphatic carbocycles. The maximum atomic E-state index is 12.4. The van der Waals surface area contributed by atoms with Crippen LogP contribution in [0.15, 0.2) is 42.5 Å². The highest BCUT2D eigenvalue weighted by Gasteiger charge is 2.14. The highest BCUT2D eigenvalue weighted by atomic mass is 16.5. The third-order valence-electron chi connectivity index (χ3n) is 4.66. The van der Waals surface area contributed by atoms with Gasteiger partial charge in [0.2, 0.25) is 5.91 Å². The Bertz CT molecular complexity index is 722. The van der Waals surface area contributed by atoms with Gasteiger partial charge in [-0.1, -0.05) is 45.0 Å². The normalized spacial score (nSPS) is 12.1. The molecule has 0 heterocycles. The van der Waals surface area contributed by atoms with Gasteiger partial charge in [0.15, 0.2) is 0 Å². The van der Waals surface area contributed by atoms with Crippen LogP contribution in [0.5, 0.6) is 5.75 Å². The van der Waals surface area contributed by atoms with Crippen LogP contribution in [0.25, 0.3) is 0 Å². The Hall–Kier alpha value is -2.29. The average Bonchev–Trinajstić information content (AvgIpc) is 2.60. The predicted molar refractivity (Wildman–Crippen MR) is 104 cm³/mol. The number of hydrogen-bond donors (Lipinski definition) is 1.